The Morgan fingerprint density at radius 1 is 0.522 bits per heavy atom. The summed E-state index contributed by atoms with van der Waals surface area (Å²) in [6.45, 7) is 11.7. The molecule has 0 heterocycles. The molecule has 0 fully saturated rings. The molecule has 0 unspecified atom stereocenters. The lowest BCUT2D eigenvalue weighted by Crippen LogP contribution is -2.09. The number of hydrogen-bond acceptors (Lipinski definition) is 7. The summed E-state index contributed by atoms with van der Waals surface area (Å²) in [7, 11) is 0. The highest BCUT2D eigenvalue weighted by Gasteiger charge is 2.13. The molecule has 4 aromatic rings. The first-order valence-electron chi connectivity index (χ1n) is 15.1. The lowest BCUT2D eigenvalue weighted by molar-refractivity contribution is -0.140. The zero-order valence-electron chi connectivity index (χ0n) is 26.3. The number of ether oxygens (including phenoxy) is 4. The van der Waals surface area contributed by atoms with E-state index in [2.05, 4.69) is 13.2 Å². The summed E-state index contributed by atoms with van der Waals surface area (Å²) in [5.41, 5.74) is 5.50. The van der Waals surface area contributed by atoms with Gasteiger partial charge in [-0.3, -0.25) is 4.79 Å². The van der Waals surface area contributed by atoms with Gasteiger partial charge in [0.05, 0.1) is 26.4 Å². The number of carbonyl (C=O) groups excluding carboxylic acids is 3. The van der Waals surface area contributed by atoms with Gasteiger partial charge < -0.3 is 18.9 Å². The molecule has 7 nitrogen and oxygen atoms in total. The Morgan fingerprint density at radius 2 is 0.891 bits per heavy atom. The number of carbonyl (C=O) groups is 3. The van der Waals surface area contributed by atoms with Gasteiger partial charge in [-0.05, 0) is 72.5 Å². The summed E-state index contributed by atoms with van der Waals surface area (Å²) < 4.78 is 21.9. The number of benzene rings is 4. The topological polar surface area (TPSA) is 88.1 Å². The van der Waals surface area contributed by atoms with Crippen molar-refractivity contribution in [3.05, 3.63) is 132 Å². The van der Waals surface area contributed by atoms with Crippen molar-refractivity contribution in [2.45, 2.75) is 26.7 Å². The molecule has 0 aromatic heterocycles. The summed E-state index contributed by atoms with van der Waals surface area (Å²) in [5, 5.41) is 0. The maximum atomic E-state index is 13.6. The molecule has 0 amide bonds. The van der Waals surface area contributed by atoms with Crippen molar-refractivity contribution < 1.29 is 33.3 Å². The molecule has 0 aliphatic carbocycles. The van der Waals surface area contributed by atoms with E-state index < -0.39 is 11.9 Å². The van der Waals surface area contributed by atoms with Crippen LogP contribution in [0.15, 0.2) is 121 Å². The average molecular weight is 619 g/mol. The van der Waals surface area contributed by atoms with Crippen LogP contribution in [-0.2, 0) is 19.1 Å². The van der Waals surface area contributed by atoms with Crippen molar-refractivity contribution in [1.82, 2.24) is 0 Å². The Kier molecular flexibility index (Phi) is 12.1. The van der Waals surface area contributed by atoms with Gasteiger partial charge in [-0.2, -0.15) is 0 Å². The second-order valence-electron chi connectivity index (χ2n) is 10.8. The molecule has 7 heteroatoms. The van der Waals surface area contributed by atoms with Gasteiger partial charge >= 0.3 is 11.9 Å². The number of hydrogen-bond donors (Lipinski definition) is 0. The molecule has 4 aromatic carbocycles. The summed E-state index contributed by atoms with van der Waals surface area (Å²) in [5.74, 6) is 0.472. The second kappa shape index (κ2) is 16.6. The third-order valence-electron chi connectivity index (χ3n) is 6.86. The van der Waals surface area contributed by atoms with E-state index >= 15 is 0 Å². The van der Waals surface area contributed by atoms with Gasteiger partial charge in [0.1, 0.15) is 11.5 Å². The predicted octanol–water partition coefficient (Wildman–Crippen LogP) is 8.03. The van der Waals surface area contributed by atoms with E-state index in [9.17, 15) is 14.4 Å². The molecule has 236 valence electrons. The highest BCUT2D eigenvalue weighted by Crippen LogP contribution is 2.28. The predicted molar refractivity (Wildman–Crippen MR) is 179 cm³/mol. The van der Waals surface area contributed by atoms with Crippen LogP contribution in [0.25, 0.3) is 22.3 Å². The van der Waals surface area contributed by atoms with Gasteiger partial charge in [0, 0.05) is 35.1 Å². The van der Waals surface area contributed by atoms with Gasteiger partial charge in [0.25, 0.3) is 0 Å². The van der Waals surface area contributed by atoms with Crippen molar-refractivity contribution in [3.63, 3.8) is 0 Å². The minimum Gasteiger partial charge on any atom is -0.493 e. The summed E-state index contributed by atoms with van der Waals surface area (Å²) in [6.07, 6.45) is 1.11. The molecule has 0 aliphatic heterocycles. The van der Waals surface area contributed by atoms with Crippen molar-refractivity contribution in [2.24, 2.45) is 0 Å². The quantitative estimate of drug-likeness (QED) is 0.0544. The van der Waals surface area contributed by atoms with Gasteiger partial charge in [0.2, 0.25) is 0 Å². The minimum absolute atomic E-state index is 0.0860. The molecule has 46 heavy (non-hydrogen) atoms. The number of ketones is 1. The van der Waals surface area contributed by atoms with Crippen molar-refractivity contribution in [3.8, 4) is 33.8 Å². The Morgan fingerprint density at radius 3 is 1.28 bits per heavy atom. The van der Waals surface area contributed by atoms with Crippen LogP contribution >= 0.6 is 0 Å². The van der Waals surface area contributed by atoms with Crippen molar-refractivity contribution in [2.75, 3.05) is 26.4 Å². The van der Waals surface area contributed by atoms with Gasteiger partial charge in [-0.1, -0.05) is 73.8 Å². The lowest BCUT2D eigenvalue weighted by atomic mass is 9.96. The van der Waals surface area contributed by atoms with Gasteiger partial charge in [-0.15, -0.1) is 0 Å². The SMILES string of the molecule is C=C(C)C(=O)OCCCOc1cccc(-c2cccc(C(=O)c3cccc(-c4cccc(OCCCOC(=O)C(=C)C)c4)c3)c2)c1. The van der Waals surface area contributed by atoms with E-state index in [1.54, 1.807) is 13.8 Å². The Balaban J connectivity index is 1.38. The molecule has 0 saturated heterocycles. The fraction of sp³-hybridized carbons (Fsp3) is 0.205. The van der Waals surface area contributed by atoms with Crippen LogP contribution in [0, 0.1) is 0 Å². The normalized spacial score (nSPS) is 10.5. The van der Waals surface area contributed by atoms with Crippen LogP contribution in [0.5, 0.6) is 11.5 Å². The summed E-state index contributed by atoms with van der Waals surface area (Å²) >= 11 is 0. The van der Waals surface area contributed by atoms with Crippen LogP contribution in [0.1, 0.15) is 42.6 Å². The van der Waals surface area contributed by atoms with Gasteiger partial charge in [-0.25, -0.2) is 9.59 Å². The molecular weight excluding hydrogens is 580 g/mol. The number of rotatable bonds is 16. The Bertz CT molecular complexity index is 1590. The first-order chi connectivity index (χ1) is 22.2. The van der Waals surface area contributed by atoms with Crippen LogP contribution in [-0.4, -0.2) is 44.1 Å². The third-order valence-corrected chi connectivity index (χ3v) is 6.86. The van der Waals surface area contributed by atoms with E-state index in [0.717, 1.165) is 22.3 Å². The van der Waals surface area contributed by atoms with Crippen LogP contribution < -0.4 is 9.47 Å². The molecule has 0 aliphatic rings. The van der Waals surface area contributed by atoms with E-state index in [1.807, 2.05) is 97.1 Å². The van der Waals surface area contributed by atoms with E-state index in [4.69, 9.17) is 18.9 Å². The highest BCUT2D eigenvalue weighted by atomic mass is 16.5. The molecule has 4 rings (SSSR count). The number of esters is 2. The standard InChI is InChI=1S/C39H38O7/c1-27(2)38(41)45-21-9-19-43-35-17-7-13-31(25-35)29-11-5-15-33(23-29)37(40)34-16-6-12-30(24-34)32-14-8-18-36(26-32)44-20-10-22-46-39(42)28(3)4/h5-8,11-18,23-26H,1,3,9-10,19-22H2,2,4H3. The molecule has 0 radical (unpaired) electrons. The molecule has 0 spiro atoms. The second-order valence-corrected chi connectivity index (χ2v) is 10.8. The highest BCUT2D eigenvalue weighted by molar-refractivity contribution is 6.10. The molecule has 0 bridgehead atoms. The zero-order chi connectivity index (χ0) is 32.9. The van der Waals surface area contributed by atoms with Crippen molar-refractivity contribution >= 4 is 17.7 Å². The smallest absolute Gasteiger partial charge is 0.333 e. The zero-order valence-corrected chi connectivity index (χ0v) is 26.3. The molecule has 0 N–H and O–H groups in total. The summed E-state index contributed by atoms with van der Waals surface area (Å²) in [4.78, 5) is 36.6. The van der Waals surface area contributed by atoms with Crippen LogP contribution in [0.3, 0.4) is 0 Å². The molecule has 0 saturated carbocycles. The Hall–Kier alpha value is -5.43. The van der Waals surface area contributed by atoms with Crippen LogP contribution in [0.4, 0.5) is 0 Å². The van der Waals surface area contributed by atoms with E-state index in [0.29, 0.717) is 59.8 Å². The maximum Gasteiger partial charge on any atom is 0.333 e. The fourth-order valence-electron chi connectivity index (χ4n) is 4.45. The van der Waals surface area contributed by atoms with Crippen molar-refractivity contribution in [1.29, 1.82) is 0 Å². The van der Waals surface area contributed by atoms with Crippen LogP contribution in [0.2, 0.25) is 0 Å². The first-order valence-corrected chi connectivity index (χ1v) is 15.1. The first kappa shape index (κ1) is 33.5. The molecular formula is C39H38O7. The maximum absolute atomic E-state index is 13.6. The molecule has 0 atom stereocenters. The minimum atomic E-state index is -0.407. The largest absolute Gasteiger partial charge is 0.493 e. The van der Waals surface area contributed by atoms with E-state index in [1.165, 1.54) is 0 Å². The third kappa shape index (κ3) is 9.79. The van der Waals surface area contributed by atoms with E-state index in [-0.39, 0.29) is 19.0 Å². The fourth-order valence-corrected chi connectivity index (χ4v) is 4.45. The lowest BCUT2D eigenvalue weighted by Gasteiger charge is -2.11. The summed E-state index contributed by atoms with van der Waals surface area (Å²) in [6, 6.07) is 30.4. The Labute approximate surface area is 270 Å². The van der Waals surface area contributed by atoms with Gasteiger partial charge in [0.15, 0.2) is 5.78 Å². The monoisotopic (exact) mass is 618 g/mol. The average Bonchev–Trinajstić information content (AvgIpc) is 3.07.